The number of hydrogen-bond donors (Lipinski definition) is 3. The van der Waals surface area contributed by atoms with Crippen molar-refractivity contribution in [1.82, 2.24) is 16.0 Å². The van der Waals surface area contributed by atoms with Crippen molar-refractivity contribution >= 4 is 11.9 Å². The molecule has 3 aliphatic carbocycles. The summed E-state index contributed by atoms with van der Waals surface area (Å²) < 4.78 is 5.15. The van der Waals surface area contributed by atoms with Crippen LogP contribution in [0.2, 0.25) is 0 Å². The van der Waals surface area contributed by atoms with Crippen molar-refractivity contribution in [3.8, 4) is 5.75 Å². The lowest BCUT2D eigenvalue weighted by molar-refractivity contribution is -0.139. The van der Waals surface area contributed by atoms with E-state index < -0.39 is 0 Å². The van der Waals surface area contributed by atoms with Crippen molar-refractivity contribution in [2.75, 3.05) is 7.11 Å². The van der Waals surface area contributed by atoms with Gasteiger partial charge in [-0.15, -0.1) is 0 Å². The third-order valence-electron chi connectivity index (χ3n) is 7.79. The fraction of sp³-hybridized carbons (Fsp3) is 0.481. The average Bonchev–Trinajstić information content (AvgIpc) is 2.76. The molecule has 0 aromatic heterocycles. The first-order valence-electron chi connectivity index (χ1n) is 12.0. The van der Waals surface area contributed by atoms with Crippen molar-refractivity contribution < 1.29 is 14.3 Å². The molecule has 2 aromatic rings. The van der Waals surface area contributed by atoms with E-state index in [-0.39, 0.29) is 29.3 Å². The molecule has 0 atom stereocenters. The highest BCUT2D eigenvalue weighted by Crippen LogP contribution is 2.58. The Morgan fingerprint density at radius 2 is 1.61 bits per heavy atom. The number of rotatable bonds is 7. The number of amides is 3. The second-order valence-corrected chi connectivity index (χ2v) is 10.2. The van der Waals surface area contributed by atoms with Crippen LogP contribution in [0, 0.1) is 11.3 Å². The lowest BCUT2D eigenvalue weighted by Gasteiger charge is -2.57. The number of benzene rings is 2. The molecular weight excluding hydrogens is 414 g/mol. The van der Waals surface area contributed by atoms with Crippen LogP contribution >= 0.6 is 0 Å². The second kappa shape index (κ2) is 9.08. The summed E-state index contributed by atoms with van der Waals surface area (Å²) in [5, 5.41) is 9.25. The van der Waals surface area contributed by atoms with Gasteiger partial charge in [-0.1, -0.05) is 42.5 Å². The van der Waals surface area contributed by atoms with Crippen LogP contribution in [0.15, 0.2) is 54.6 Å². The summed E-state index contributed by atoms with van der Waals surface area (Å²) in [4.78, 5) is 24.8. The minimum atomic E-state index is -0.128. The van der Waals surface area contributed by atoms with Gasteiger partial charge >= 0.3 is 6.03 Å². The summed E-state index contributed by atoms with van der Waals surface area (Å²) in [5.74, 6) is 1.76. The van der Waals surface area contributed by atoms with E-state index in [1.165, 1.54) is 5.56 Å². The van der Waals surface area contributed by atoms with Crippen LogP contribution in [-0.4, -0.2) is 31.1 Å². The lowest BCUT2D eigenvalue weighted by atomic mass is 9.50. The first-order chi connectivity index (χ1) is 16.0. The highest BCUT2D eigenvalue weighted by atomic mass is 16.5. The van der Waals surface area contributed by atoms with E-state index in [0.29, 0.717) is 18.5 Å². The number of ether oxygens (including phenoxy) is 1. The van der Waals surface area contributed by atoms with E-state index in [4.69, 9.17) is 4.74 Å². The zero-order chi connectivity index (χ0) is 22.8. The molecule has 6 heteroatoms. The molecule has 3 saturated carbocycles. The second-order valence-electron chi connectivity index (χ2n) is 10.2. The lowest BCUT2D eigenvalue weighted by Crippen LogP contribution is -2.60. The Labute approximate surface area is 195 Å². The van der Waals surface area contributed by atoms with Gasteiger partial charge in [0.25, 0.3) is 0 Å². The maximum Gasteiger partial charge on any atom is 0.315 e. The molecule has 0 aliphatic heterocycles. The number of methoxy groups -OCH3 is 1. The number of hydrogen-bond acceptors (Lipinski definition) is 3. The Hall–Kier alpha value is -3.02. The van der Waals surface area contributed by atoms with Crippen LogP contribution in [0.25, 0.3) is 0 Å². The molecule has 0 unspecified atom stereocenters. The van der Waals surface area contributed by atoms with E-state index >= 15 is 0 Å². The standard InChI is InChI=1S/C27H33N3O3/c1-33-24-9-7-18(8-10-24)17-28-26(32)30-23-15-27(16-23)13-21(14-27)25(31)29-22-11-20(12-22)19-5-3-2-4-6-19/h2-10,20-23H,11-17H2,1H3,(H,29,31)(H2,28,30,32)/t20-,21?,22-,23?,27?. The summed E-state index contributed by atoms with van der Waals surface area (Å²) in [5.41, 5.74) is 2.68. The normalized spacial score (nSPS) is 29.7. The summed E-state index contributed by atoms with van der Waals surface area (Å²) >= 11 is 0. The quantitative estimate of drug-likeness (QED) is 0.598. The van der Waals surface area contributed by atoms with Gasteiger partial charge in [0.1, 0.15) is 5.75 Å². The predicted molar refractivity (Wildman–Crippen MR) is 127 cm³/mol. The first-order valence-corrected chi connectivity index (χ1v) is 12.0. The first kappa shape index (κ1) is 21.8. The maximum absolute atomic E-state index is 12.6. The van der Waals surface area contributed by atoms with Crippen LogP contribution in [0.3, 0.4) is 0 Å². The SMILES string of the molecule is COc1ccc(CNC(=O)NC2CC3(C2)CC(C(=O)N[C@H]2C[C@H](c4ccccc4)C2)C3)cc1. The molecule has 1 spiro atoms. The van der Waals surface area contributed by atoms with Crippen molar-refractivity contribution in [3.63, 3.8) is 0 Å². The number of urea groups is 1. The van der Waals surface area contributed by atoms with E-state index in [1.807, 2.05) is 30.3 Å². The molecule has 0 radical (unpaired) electrons. The fourth-order valence-electron chi connectivity index (χ4n) is 5.81. The molecule has 5 rings (SSSR count). The van der Waals surface area contributed by atoms with Crippen LogP contribution in [0.1, 0.15) is 55.6 Å². The number of carbonyl (C=O) groups is 2. The van der Waals surface area contributed by atoms with Crippen molar-refractivity contribution in [1.29, 1.82) is 0 Å². The van der Waals surface area contributed by atoms with Crippen LogP contribution in [-0.2, 0) is 11.3 Å². The molecule has 33 heavy (non-hydrogen) atoms. The minimum absolute atomic E-state index is 0.128. The molecule has 6 nitrogen and oxygen atoms in total. The highest BCUT2D eigenvalue weighted by Gasteiger charge is 2.55. The zero-order valence-electron chi connectivity index (χ0n) is 19.2. The Morgan fingerprint density at radius 3 is 2.27 bits per heavy atom. The third kappa shape index (κ3) is 4.85. The molecule has 3 amide bonds. The summed E-state index contributed by atoms with van der Waals surface area (Å²) in [7, 11) is 1.64. The van der Waals surface area contributed by atoms with Crippen molar-refractivity contribution in [3.05, 3.63) is 65.7 Å². The van der Waals surface area contributed by atoms with Crippen LogP contribution in [0.4, 0.5) is 4.79 Å². The van der Waals surface area contributed by atoms with Gasteiger partial charge in [0.05, 0.1) is 7.11 Å². The molecule has 0 bridgehead atoms. The van der Waals surface area contributed by atoms with Gasteiger partial charge in [-0.05, 0) is 73.1 Å². The van der Waals surface area contributed by atoms with Crippen LogP contribution in [0.5, 0.6) is 5.75 Å². The molecule has 0 heterocycles. The molecular formula is C27H33N3O3. The highest BCUT2D eigenvalue weighted by molar-refractivity contribution is 5.80. The fourth-order valence-corrected chi connectivity index (χ4v) is 5.81. The van der Waals surface area contributed by atoms with E-state index in [9.17, 15) is 9.59 Å². The smallest absolute Gasteiger partial charge is 0.315 e. The Kier molecular flexibility index (Phi) is 6.00. The van der Waals surface area contributed by atoms with Gasteiger partial charge in [-0.2, -0.15) is 0 Å². The topological polar surface area (TPSA) is 79.5 Å². The minimum Gasteiger partial charge on any atom is -0.497 e. The van der Waals surface area contributed by atoms with Crippen molar-refractivity contribution in [2.24, 2.45) is 11.3 Å². The molecule has 2 aromatic carbocycles. The Balaban J connectivity index is 0.964. The monoisotopic (exact) mass is 447 g/mol. The molecule has 174 valence electrons. The molecule has 3 aliphatic rings. The third-order valence-corrected chi connectivity index (χ3v) is 7.79. The van der Waals surface area contributed by atoms with Crippen LogP contribution < -0.4 is 20.7 Å². The van der Waals surface area contributed by atoms with Gasteiger partial charge in [0.2, 0.25) is 5.91 Å². The van der Waals surface area contributed by atoms with E-state index in [2.05, 4.69) is 40.2 Å². The average molecular weight is 448 g/mol. The summed E-state index contributed by atoms with van der Waals surface area (Å²) in [6.45, 7) is 0.488. The number of carbonyl (C=O) groups excluding carboxylic acids is 2. The van der Waals surface area contributed by atoms with Crippen molar-refractivity contribution in [2.45, 2.75) is 63.1 Å². The summed E-state index contributed by atoms with van der Waals surface area (Å²) in [6, 6.07) is 18.7. The maximum atomic E-state index is 12.6. The van der Waals surface area contributed by atoms with E-state index in [0.717, 1.165) is 49.8 Å². The molecule has 3 N–H and O–H groups in total. The van der Waals surface area contributed by atoms with Gasteiger partial charge in [-0.3, -0.25) is 4.79 Å². The molecule has 0 saturated heterocycles. The predicted octanol–water partition coefficient (Wildman–Crippen LogP) is 4.12. The Bertz CT molecular complexity index is 971. The molecule has 3 fully saturated rings. The van der Waals surface area contributed by atoms with Gasteiger partial charge in [0.15, 0.2) is 0 Å². The Morgan fingerprint density at radius 1 is 0.909 bits per heavy atom. The van der Waals surface area contributed by atoms with E-state index in [1.54, 1.807) is 7.11 Å². The number of nitrogens with one attached hydrogen (secondary N) is 3. The largest absolute Gasteiger partial charge is 0.497 e. The summed E-state index contributed by atoms with van der Waals surface area (Å²) in [6.07, 6.45) is 5.97. The van der Waals surface area contributed by atoms with Gasteiger partial charge < -0.3 is 20.7 Å². The van der Waals surface area contributed by atoms with Gasteiger partial charge in [0, 0.05) is 24.5 Å². The zero-order valence-corrected chi connectivity index (χ0v) is 19.2. The van der Waals surface area contributed by atoms with Gasteiger partial charge in [-0.25, -0.2) is 4.79 Å².